The Kier molecular flexibility index (Phi) is 3.81. The van der Waals surface area contributed by atoms with Crippen LogP contribution < -0.4 is 5.32 Å². The number of likely N-dealkylation sites (N-methyl/N-ethyl adjacent to an activating group) is 1. The number of aryl methyl sites for hydroxylation is 1. The van der Waals surface area contributed by atoms with Crippen molar-refractivity contribution in [2.45, 2.75) is 26.8 Å². The molecule has 2 rings (SSSR count). The van der Waals surface area contributed by atoms with E-state index in [9.17, 15) is 0 Å². The van der Waals surface area contributed by atoms with Crippen LogP contribution >= 0.6 is 0 Å². The van der Waals surface area contributed by atoms with Crippen molar-refractivity contribution in [3.05, 3.63) is 23.9 Å². The highest BCUT2D eigenvalue weighted by molar-refractivity contribution is 5.44. The van der Waals surface area contributed by atoms with Crippen molar-refractivity contribution >= 4 is 11.6 Å². The molecule has 0 spiro atoms. The van der Waals surface area contributed by atoms with E-state index < -0.39 is 0 Å². The SMILES string of the molecule is Cc1ccc2nc(NCCN(C)C(C)C)nn2c1. The molecule has 0 atom stereocenters. The number of nitrogens with zero attached hydrogens (tertiary/aromatic N) is 4. The third kappa shape index (κ3) is 2.98. The van der Waals surface area contributed by atoms with Gasteiger partial charge < -0.3 is 10.2 Å². The minimum Gasteiger partial charge on any atom is -0.352 e. The summed E-state index contributed by atoms with van der Waals surface area (Å²) < 4.78 is 1.81. The lowest BCUT2D eigenvalue weighted by atomic mass is 10.3. The van der Waals surface area contributed by atoms with E-state index in [2.05, 4.69) is 41.2 Å². The average molecular weight is 247 g/mol. The molecule has 2 aromatic rings. The summed E-state index contributed by atoms with van der Waals surface area (Å²) in [4.78, 5) is 6.70. The molecule has 0 bridgehead atoms. The minimum atomic E-state index is 0.559. The number of pyridine rings is 1. The van der Waals surface area contributed by atoms with Crippen LogP contribution in [0.25, 0.3) is 5.65 Å². The molecule has 18 heavy (non-hydrogen) atoms. The van der Waals surface area contributed by atoms with E-state index in [0.717, 1.165) is 18.7 Å². The van der Waals surface area contributed by atoms with Gasteiger partial charge in [-0.1, -0.05) is 6.07 Å². The fourth-order valence-electron chi connectivity index (χ4n) is 1.66. The van der Waals surface area contributed by atoms with Gasteiger partial charge in [-0.05, 0) is 39.4 Å². The lowest BCUT2D eigenvalue weighted by molar-refractivity contribution is 0.284. The predicted molar refractivity (Wildman–Crippen MR) is 74.0 cm³/mol. The highest BCUT2D eigenvalue weighted by Crippen LogP contribution is 2.06. The molecular weight excluding hydrogens is 226 g/mol. The van der Waals surface area contributed by atoms with Gasteiger partial charge in [-0.2, -0.15) is 4.98 Å². The van der Waals surface area contributed by atoms with Crippen LogP contribution in [0.15, 0.2) is 18.3 Å². The maximum absolute atomic E-state index is 4.42. The second-order valence-electron chi connectivity index (χ2n) is 4.95. The van der Waals surface area contributed by atoms with Crippen molar-refractivity contribution < 1.29 is 0 Å². The first-order valence-corrected chi connectivity index (χ1v) is 6.33. The van der Waals surface area contributed by atoms with Crippen LogP contribution in [0, 0.1) is 6.92 Å². The molecule has 0 aliphatic carbocycles. The van der Waals surface area contributed by atoms with Gasteiger partial charge in [0.1, 0.15) is 0 Å². The third-order valence-electron chi connectivity index (χ3n) is 3.11. The number of hydrogen-bond acceptors (Lipinski definition) is 4. The van der Waals surface area contributed by atoms with E-state index in [0.29, 0.717) is 12.0 Å². The van der Waals surface area contributed by atoms with E-state index in [1.807, 2.05) is 29.8 Å². The van der Waals surface area contributed by atoms with Crippen LogP contribution in [-0.2, 0) is 0 Å². The molecule has 2 aromatic heterocycles. The summed E-state index contributed by atoms with van der Waals surface area (Å²) >= 11 is 0. The summed E-state index contributed by atoms with van der Waals surface area (Å²) in [5.41, 5.74) is 2.05. The molecule has 0 fully saturated rings. The Morgan fingerprint density at radius 1 is 1.39 bits per heavy atom. The second kappa shape index (κ2) is 5.35. The molecule has 1 N–H and O–H groups in total. The zero-order chi connectivity index (χ0) is 13.1. The summed E-state index contributed by atoms with van der Waals surface area (Å²) in [6.07, 6.45) is 1.98. The summed E-state index contributed by atoms with van der Waals surface area (Å²) in [5, 5.41) is 7.65. The predicted octanol–water partition coefficient (Wildman–Crippen LogP) is 1.79. The molecule has 0 saturated heterocycles. The first-order chi connectivity index (χ1) is 8.56. The average Bonchev–Trinajstić information content (AvgIpc) is 2.70. The van der Waals surface area contributed by atoms with E-state index >= 15 is 0 Å². The molecule has 0 unspecified atom stereocenters. The van der Waals surface area contributed by atoms with Crippen molar-refractivity contribution in [2.24, 2.45) is 0 Å². The van der Waals surface area contributed by atoms with Crippen molar-refractivity contribution in [1.29, 1.82) is 0 Å². The van der Waals surface area contributed by atoms with Crippen molar-refractivity contribution in [2.75, 3.05) is 25.5 Å². The van der Waals surface area contributed by atoms with Gasteiger partial charge in [-0.15, -0.1) is 5.10 Å². The quantitative estimate of drug-likeness (QED) is 0.875. The topological polar surface area (TPSA) is 45.5 Å². The highest BCUT2D eigenvalue weighted by atomic mass is 15.3. The molecular formula is C13H21N5. The lowest BCUT2D eigenvalue weighted by Gasteiger charge is -2.20. The molecule has 98 valence electrons. The summed E-state index contributed by atoms with van der Waals surface area (Å²) in [5.74, 6) is 0.692. The zero-order valence-corrected chi connectivity index (χ0v) is 11.5. The molecule has 0 aromatic carbocycles. The number of hydrogen-bond donors (Lipinski definition) is 1. The van der Waals surface area contributed by atoms with Gasteiger partial charge in [0.15, 0.2) is 5.65 Å². The van der Waals surface area contributed by atoms with Crippen LogP contribution in [0.4, 0.5) is 5.95 Å². The summed E-state index contributed by atoms with van der Waals surface area (Å²) in [6, 6.07) is 4.58. The largest absolute Gasteiger partial charge is 0.352 e. The lowest BCUT2D eigenvalue weighted by Crippen LogP contribution is -2.31. The van der Waals surface area contributed by atoms with Gasteiger partial charge in [0.25, 0.3) is 0 Å². The number of anilines is 1. The van der Waals surface area contributed by atoms with E-state index in [4.69, 9.17) is 0 Å². The van der Waals surface area contributed by atoms with Crippen molar-refractivity contribution in [3.63, 3.8) is 0 Å². The molecule has 0 radical (unpaired) electrons. The number of nitrogens with one attached hydrogen (secondary N) is 1. The van der Waals surface area contributed by atoms with Crippen LogP contribution in [-0.4, -0.2) is 45.7 Å². The normalized spacial score (nSPS) is 11.7. The number of aromatic nitrogens is 3. The minimum absolute atomic E-state index is 0.559. The molecule has 5 heteroatoms. The fraction of sp³-hybridized carbons (Fsp3) is 0.538. The van der Waals surface area contributed by atoms with Crippen LogP contribution in [0.2, 0.25) is 0 Å². The Balaban J connectivity index is 1.96. The van der Waals surface area contributed by atoms with E-state index in [1.54, 1.807) is 0 Å². The van der Waals surface area contributed by atoms with Gasteiger partial charge in [-0.3, -0.25) is 0 Å². The Hall–Kier alpha value is -1.62. The molecule has 0 saturated carbocycles. The monoisotopic (exact) mass is 247 g/mol. The van der Waals surface area contributed by atoms with Crippen LogP contribution in [0.1, 0.15) is 19.4 Å². The Morgan fingerprint density at radius 3 is 2.89 bits per heavy atom. The van der Waals surface area contributed by atoms with Crippen LogP contribution in [0.5, 0.6) is 0 Å². The number of fused-ring (bicyclic) bond motifs is 1. The Bertz CT molecular complexity index is 517. The smallest absolute Gasteiger partial charge is 0.243 e. The zero-order valence-electron chi connectivity index (χ0n) is 11.5. The van der Waals surface area contributed by atoms with Gasteiger partial charge in [0, 0.05) is 25.3 Å². The molecule has 2 heterocycles. The Morgan fingerprint density at radius 2 is 2.17 bits per heavy atom. The molecule has 0 aliphatic heterocycles. The van der Waals surface area contributed by atoms with Gasteiger partial charge in [-0.25, -0.2) is 4.52 Å². The standard InChI is InChI=1S/C13H21N5/c1-10(2)17(4)8-7-14-13-15-12-6-5-11(3)9-18(12)16-13/h5-6,9-10H,7-8H2,1-4H3,(H,14,16). The van der Waals surface area contributed by atoms with E-state index in [1.165, 1.54) is 5.56 Å². The summed E-state index contributed by atoms with van der Waals surface area (Å²) in [6.45, 7) is 8.25. The Labute approximate surface area is 108 Å². The first-order valence-electron chi connectivity index (χ1n) is 6.33. The van der Waals surface area contributed by atoms with Crippen LogP contribution in [0.3, 0.4) is 0 Å². The molecule has 0 amide bonds. The van der Waals surface area contributed by atoms with E-state index in [-0.39, 0.29) is 0 Å². The number of rotatable bonds is 5. The fourth-order valence-corrected chi connectivity index (χ4v) is 1.66. The molecule has 5 nitrogen and oxygen atoms in total. The highest BCUT2D eigenvalue weighted by Gasteiger charge is 2.05. The van der Waals surface area contributed by atoms with Gasteiger partial charge in [0.05, 0.1) is 0 Å². The molecule has 0 aliphatic rings. The van der Waals surface area contributed by atoms with Crippen molar-refractivity contribution in [3.8, 4) is 0 Å². The maximum Gasteiger partial charge on any atom is 0.243 e. The summed E-state index contributed by atoms with van der Waals surface area (Å²) in [7, 11) is 2.12. The van der Waals surface area contributed by atoms with Crippen molar-refractivity contribution in [1.82, 2.24) is 19.5 Å². The van der Waals surface area contributed by atoms with Gasteiger partial charge in [0.2, 0.25) is 5.95 Å². The third-order valence-corrected chi connectivity index (χ3v) is 3.11. The van der Waals surface area contributed by atoms with Gasteiger partial charge >= 0.3 is 0 Å². The maximum atomic E-state index is 4.42. The first kappa shape index (κ1) is 12.8. The second-order valence-corrected chi connectivity index (χ2v) is 4.95.